The normalized spacial score (nSPS) is 36.7. The van der Waals surface area contributed by atoms with Crippen molar-refractivity contribution in [2.24, 2.45) is 23.2 Å². The zero-order valence-electron chi connectivity index (χ0n) is 15.8. The molecule has 0 spiro atoms. The highest BCUT2D eigenvalue weighted by Gasteiger charge is 2.55. The molecule has 1 aromatic heterocycles. The summed E-state index contributed by atoms with van der Waals surface area (Å²) >= 11 is 0. The van der Waals surface area contributed by atoms with Crippen LogP contribution in [0.3, 0.4) is 0 Å². The number of hydrogen-bond acceptors (Lipinski definition) is 5. The van der Waals surface area contributed by atoms with Gasteiger partial charge < -0.3 is 9.42 Å². The third-order valence-corrected chi connectivity index (χ3v) is 7.34. The van der Waals surface area contributed by atoms with Gasteiger partial charge in [0.05, 0.1) is 12.0 Å². The Morgan fingerprint density at radius 1 is 1.08 bits per heavy atom. The third kappa shape index (κ3) is 2.86. The maximum absolute atomic E-state index is 13.4. The van der Waals surface area contributed by atoms with Crippen molar-refractivity contribution in [1.29, 1.82) is 0 Å². The summed E-state index contributed by atoms with van der Waals surface area (Å²) in [5.74, 6) is 4.44. The number of carbonyl (C=O) groups excluding carboxylic acids is 1. The number of rotatable bonds is 4. The van der Waals surface area contributed by atoms with Gasteiger partial charge in [0.1, 0.15) is 0 Å². The van der Waals surface area contributed by atoms with Gasteiger partial charge >= 0.3 is 0 Å². The highest BCUT2D eigenvalue weighted by atomic mass is 16.5. The number of nitrogens with zero attached hydrogens (tertiary/aromatic N) is 4. The lowest BCUT2D eigenvalue weighted by atomic mass is 9.49. The Bertz CT molecular complexity index is 642. The fraction of sp³-hybridized carbons (Fsp3) is 0.850. The molecule has 4 bridgehead atoms. The Morgan fingerprint density at radius 2 is 1.69 bits per heavy atom. The zero-order valence-corrected chi connectivity index (χ0v) is 15.8. The van der Waals surface area contributed by atoms with Gasteiger partial charge in [-0.05, 0) is 56.3 Å². The first-order chi connectivity index (χ1) is 12.6. The highest BCUT2D eigenvalue weighted by Crippen LogP contribution is 2.60. The molecular formula is C20H30N4O2. The van der Waals surface area contributed by atoms with E-state index in [1.165, 1.54) is 38.5 Å². The van der Waals surface area contributed by atoms with E-state index in [0.29, 0.717) is 18.3 Å². The van der Waals surface area contributed by atoms with E-state index in [9.17, 15) is 4.79 Å². The summed E-state index contributed by atoms with van der Waals surface area (Å²) in [5, 5.41) is 3.97. The Hall–Kier alpha value is -1.43. The fourth-order valence-corrected chi connectivity index (χ4v) is 6.51. The minimum atomic E-state index is -0.000561. The predicted octanol–water partition coefficient (Wildman–Crippen LogP) is 2.49. The smallest absolute Gasteiger partial charge is 0.240 e. The highest BCUT2D eigenvalue weighted by molar-refractivity contribution is 5.83. The molecule has 5 aliphatic rings. The van der Waals surface area contributed by atoms with E-state index >= 15 is 0 Å². The standard InChI is InChI=1S/C20H30N4O2/c1-2-17-21-18(26-22-17)13-23-3-5-24(6-4-23)19(25)20-10-14-7-15(11-20)9-16(8-14)12-20/h14-16H,2-13H2,1H3. The van der Waals surface area contributed by atoms with Gasteiger partial charge in [-0.2, -0.15) is 4.98 Å². The molecule has 4 aliphatic carbocycles. The molecule has 142 valence electrons. The molecule has 1 saturated heterocycles. The van der Waals surface area contributed by atoms with Crippen LogP contribution in [-0.4, -0.2) is 52.0 Å². The van der Waals surface area contributed by atoms with Crippen molar-refractivity contribution in [2.75, 3.05) is 26.2 Å². The summed E-state index contributed by atoms with van der Waals surface area (Å²) in [6, 6.07) is 0. The van der Waals surface area contributed by atoms with E-state index in [0.717, 1.165) is 56.2 Å². The van der Waals surface area contributed by atoms with E-state index in [4.69, 9.17) is 4.52 Å². The molecule has 1 aliphatic heterocycles. The van der Waals surface area contributed by atoms with E-state index < -0.39 is 0 Å². The van der Waals surface area contributed by atoms with E-state index in [1.54, 1.807) is 0 Å². The summed E-state index contributed by atoms with van der Waals surface area (Å²) in [6.45, 7) is 6.23. The Morgan fingerprint density at radius 3 is 2.23 bits per heavy atom. The Labute approximate surface area is 155 Å². The molecule has 26 heavy (non-hydrogen) atoms. The van der Waals surface area contributed by atoms with Gasteiger partial charge in [0.25, 0.3) is 0 Å². The zero-order chi connectivity index (χ0) is 17.7. The van der Waals surface area contributed by atoms with Crippen LogP contribution in [0.5, 0.6) is 0 Å². The molecule has 0 unspecified atom stereocenters. The maximum atomic E-state index is 13.4. The molecular weight excluding hydrogens is 328 g/mol. The van der Waals surface area contributed by atoms with Crippen LogP contribution in [-0.2, 0) is 17.8 Å². The molecule has 0 radical (unpaired) electrons. The Balaban J connectivity index is 1.20. The lowest BCUT2D eigenvalue weighted by Gasteiger charge is -2.57. The number of amides is 1. The number of carbonyl (C=O) groups is 1. The first-order valence-corrected chi connectivity index (χ1v) is 10.5. The lowest BCUT2D eigenvalue weighted by molar-refractivity contribution is -0.159. The molecule has 6 nitrogen and oxygen atoms in total. The second-order valence-electron chi connectivity index (χ2n) is 9.22. The average Bonchev–Trinajstić information content (AvgIpc) is 3.08. The average molecular weight is 358 g/mol. The van der Waals surface area contributed by atoms with Gasteiger partial charge in [0, 0.05) is 32.6 Å². The third-order valence-electron chi connectivity index (χ3n) is 7.34. The SMILES string of the molecule is CCc1noc(CN2CCN(C(=O)C34CC5CC(CC(C5)C3)C4)CC2)n1. The molecule has 0 atom stereocenters. The van der Waals surface area contributed by atoms with Crippen molar-refractivity contribution in [3.05, 3.63) is 11.7 Å². The van der Waals surface area contributed by atoms with Crippen molar-refractivity contribution in [2.45, 2.75) is 58.4 Å². The number of hydrogen-bond donors (Lipinski definition) is 0. The lowest BCUT2D eigenvalue weighted by Crippen LogP contribution is -2.58. The number of piperazine rings is 1. The van der Waals surface area contributed by atoms with Crippen LogP contribution in [0, 0.1) is 23.2 Å². The minimum Gasteiger partial charge on any atom is -0.340 e. The van der Waals surface area contributed by atoms with Crippen LogP contribution >= 0.6 is 0 Å². The molecule has 0 aromatic carbocycles. The molecule has 1 aromatic rings. The first kappa shape index (κ1) is 16.7. The largest absolute Gasteiger partial charge is 0.340 e. The fourth-order valence-electron chi connectivity index (χ4n) is 6.51. The molecule has 6 rings (SSSR count). The summed E-state index contributed by atoms with van der Waals surface area (Å²) in [6.07, 6.45) is 8.48. The maximum Gasteiger partial charge on any atom is 0.240 e. The molecule has 0 N–H and O–H groups in total. The summed E-state index contributed by atoms with van der Waals surface area (Å²) in [7, 11) is 0. The summed E-state index contributed by atoms with van der Waals surface area (Å²) < 4.78 is 5.31. The van der Waals surface area contributed by atoms with Gasteiger partial charge in [-0.25, -0.2) is 0 Å². The van der Waals surface area contributed by atoms with Gasteiger partial charge in [0.15, 0.2) is 5.82 Å². The molecule has 6 heteroatoms. The van der Waals surface area contributed by atoms with Gasteiger partial charge in [-0.1, -0.05) is 12.1 Å². The number of aryl methyl sites for hydroxylation is 1. The monoisotopic (exact) mass is 358 g/mol. The van der Waals surface area contributed by atoms with Crippen molar-refractivity contribution in [1.82, 2.24) is 19.9 Å². The van der Waals surface area contributed by atoms with Crippen LogP contribution in [0.1, 0.15) is 57.2 Å². The Kier molecular flexibility index (Phi) is 4.07. The van der Waals surface area contributed by atoms with Gasteiger partial charge in [-0.3, -0.25) is 9.69 Å². The second kappa shape index (κ2) is 6.32. The van der Waals surface area contributed by atoms with Crippen LogP contribution in [0.15, 0.2) is 4.52 Å². The predicted molar refractivity (Wildman–Crippen MR) is 96.1 cm³/mol. The van der Waals surface area contributed by atoms with Crippen LogP contribution in [0.2, 0.25) is 0 Å². The molecule has 5 fully saturated rings. The summed E-state index contributed by atoms with van der Waals surface area (Å²) in [5.41, 5.74) is -0.000561. The van der Waals surface area contributed by atoms with E-state index in [-0.39, 0.29) is 5.41 Å². The van der Waals surface area contributed by atoms with Gasteiger partial charge in [-0.15, -0.1) is 0 Å². The molecule has 1 amide bonds. The minimum absolute atomic E-state index is 0.000561. The van der Waals surface area contributed by atoms with E-state index in [1.807, 2.05) is 6.92 Å². The second-order valence-corrected chi connectivity index (χ2v) is 9.22. The first-order valence-electron chi connectivity index (χ1n) is 10.5. The quantitative estimate of drug-likeness (QED) is 0.827. The summed E-state index contributed by atoms with van der Waals surface area (Å²) in [4.78, 5) is 22.3. The van der Waals surface area contributed by atoms with Crippen LogP contribution in [0.25, 0.3) is 0 Å². The van der Waals surface area contributed by atoms with Crippen LogP contribution < -0.4 is 0 Å². The number of aromatic nitrogens is 2. The molecule has 2 heterocycles. The van der Waals surface area contributed by atoms with Crippen molar-refractivity contribution in [3.63, 3.8) is 0 Å². The topological polar surface area (TPSA) is 62.5 Å². The van der Waals surface area contributed by atoms with Crippen molar-refractivity contribution < 1.29 is 9.32 Å². The molecule has 4 saturated carbocycles. The van der Waals surface area contributed by atoms with Crippen molar-refractivity contribution >= 4 is 5.91 Å². The van der Waals surface area contributed by atoms with E-state index in [2.05, 4.69) is 19.9 Å². The van der Waals surface area contributed by atoms with Gasteiger partial charge in [0.2, 0.25) is 11.8 Å². The van der Waals surface area contributed by atoms with Crippen LogP contribution in [0.4, 0.5) is 0 Å². The van der Waals surface area contributed by atoms with Crippen molar-refractivity contribution in [3.8, 4) is 0 Å².